The van der Waals surface area contributed by atoms with Crippen molar-refractivity contribution in [2.75, 3.05) is 5.73 Å². The van der Waals surface area contributed by atoms with E-state index in [1.807, 2.05) is 6.92 Å². The van der Waals surface area contributed by atoms with E-state index in [1.165, 1.54) is 6.07 Å². The minimum atomic E-state index is -3.59. The van der Waals surface area contributed by atoms with Crippen LogP contribution in [0.3, 0.4) is 0 Å². The third-order valence-electron chi connectivity index (χ3n) is 3.89. The van der Waals surface area contributed by atoms with E-state index >= 15 is 0 Å². The molecule has 106 valence electrons. The number of rotatable bonds is 3. The summed E-state index contributed by atoms with van der Waals surface area (Å²) in [6, 6.07) is 6.66. The van der Waals surface area contributed by atoms with Crippen molar-refractivity contribution in [1.29, 1.82) is 0 Å². The predicted octanol–water partition coefficient (Wildman–Crippen LogP) is 2.04. The molecule has 0 amide bonds. The van der Waals surface area contributed by atoms with Gasteiger partial charge in [-0.25, -0.2) is 13.1 Å². The lowest BCUT2D eigenvalue weighted by Crippen LogP contribution is -2.50. The number of nitrogens with one attached hydrogen (secondary N) is 1. The summed E-state index contributed by atoms with van der Waals surface area (Å²) in [7, 11) is -3.59. The van der Waals surface area contributed by atoms with Gasteiger partial charge in [0, 0.05) is 22.8 Å². The monoisotopic (exact) mass is 291 g/mol. The summed E-state index contributed by atoms with van der Waals surface area (Å²) in [5.74, 6) is 0. The van der Waals surface area contributed by atoms with Crippen molar-refractivity contribution < 1.29 is 8.42 Å². The molecule has 5 nitrogen and oxygen atoms in total. The van der Waals surface area contributed by atoms with Gasteiger partial charge in [0.25, 0.3) is 0 Å². The number of nitrogens with zero attached hydrogens (tertiary/aromatic N) is 1. The Kier molecular flexibility index (Phi) is 2.95. The maximum absolute atomic E-state index is 12.6. The minimum absolute atomic E-state index is 0.190. The lowest BCUT2D eigenvalue weighted by atomic mass is 9.80. The molecule has 0 atom stereocenters. The Hall–Kier alpha value is -1.66. The van der Waals surface area contributed by atoms with Gasteiger partial charge in [-0.05, 0) is 50.5 Å². The van der Waals surface area contributed by atoms with Crippen molar-refractivity contribution in [2.45, 2.75) is 36.6 Å². The molecule has 1 saturated carbocycles. The maximum Gasteiger partial charge on any atom is 0.243 e. The Morgan fingerprint density at radius 3 is 2.70 bits per heavy atom. The zero-order valence-electron chi connectivity index (χ0n) is 11.3. The van der Waals surface area contributed by atoms with Crippen LogP contribution < -0.4 is 10.5 Å². The van der Waals surface area contributed by atoms with Crippen LogP contribution in [0, 0.1) is 0 Å². The van der Waals surface area contributed by atoms with Gasteiger partial charge in [0.1, 0.15) is 4.90 Å². The van der Waals surface area contributed by atoms with Gasteiger partial charge >= 0.3 is 0 Å². The molecule has 0 saturated heterocycles. The first-order chi connectivity index (χ1) is 9.41. The number of sulfonamides is 1. The zero-order chi connectivity index (χ0) is 14.4. The van der Waals surface area contributed by atoms with E-state index in [0.29, 0.717) is 16.6 Å². The number of fused-ring (bicyclic) bond motifs is 1. The Morgan fingerprint density at radius 2 is 2.05 bits per heavy atom. The number of pyridine rings is 1. The standard InChI is InChI=1S/C14H17N3O2S/c1-14(7-3-8-14)17-20(18,19)12-6-5-11(15)10-4-2-9-16-13(10)12/h2,4-6,9,17H,3,7-8,15H2,1H3. The highest BCUT2D eigenvalue weighted by Gasteiger charge is 2.36. The van der Waals surface area contributed by atoms with Crippen LogP contribution >= 0.6 is 0 Å². The molecule has 1 aromatic heterocycles. The fourth-order valence-electron chi connectivity index (χ4n) is 2.57. The summed E-state index contributed by atoms with van der Waals surface area (Å²) in [4.78, 5) is 4.37. The molecule has 1 heterocycles. The van der Waals surface area contributed by atoms with Gasteiger partial charge in [-0.1, -0.05) is 0 Å². The highest BCUT2D eigenvalue weighted by Crippen LogP contribution is 2.34. The summed E-state index contributed by atoms with van der Waals surface area (Å²) < 4.78 is 27.9. The van der Waals surface area contributed by atoms with Crippen LogP contribution in [0.2, 0.25) is 0 Å². The molecule has 1 aromatic carbocycles. The van der Waals surface area contributed by atoms with E-state index in [-0.39, 0.29) is 10.4 Å². The molecular weight excluding hydrogens is 274 g/mol. The third-order valence-corrected chi connectivity index (χ3v) is 5.56. The SMILES string of the molecule is CC1(NS(=O)(=O)c2ccc(N)c3cccnc23)CCC1. The van der Waals surface area contributed by atoms with Crippen LogP contribution in [0.25, 0.3) is 10.9 Å². The van der Waals surface area contributed by atoms with E-state index < -0.39 is 10.0 Å². The quantitative estimate of drug-likeness (QED) is 0.847. The number of hydrogen-bond acceptors (Lipinski definition) is 4. The molecule has 3 rings (SSSR count). The van der Waals surface area contributed by atoms with Gasteiger partial charge < -0.3 is 5.73 Å². The molecule has 1 aliphatic rings. The Bertz CT molecular complexity index is 767. The molecular formula is C14H17N3O2S. The second-order valence-electron chi connectivity index (χ2n) is 5.57. The van der Waals surface area contributed by atoms with E-state index in [9.17, 15) is 8.42 Å². The fourth-order valence-corrected chi connectivity index (χ4v) is 4.20. The molecule has 20 heavy (non-hydrogen) atoms. The molecule has 3 N–H and O–H groups in total. The van der Waals surface area contributed by atoms with Crippen LogP contribution in [0.4, 0.5) is 5.69 Å². The third kappa shape index (κ3) is 2.14. The van der Waals surface area contributed by atoms with E-state index in [0.717, 1.165) is 19.3 Å². The van der Waals surface area contributed by atoms with Crippen LogP contribution in [-0.4, -0.2) is 18.9 Å². The van der Waals surface area contributed by atoms with E-state index in [4.69, 9.17) is 5.73 Å². The number of anilines is 1. The van der Waals surface area contributed by atoms with Crippen molar-refractivity contribution in [2.24, 2.45) is 0 Å². The lowest BCUT2D eigenvalue weighted by Gasteiger charge is -2.38. The lowest BCUT2D eigenvalue weighted by molar-refractivity contribution is 0.248. The van der Waals surface area contributed by atoms with E-state index in [1.54, 1.807) is 24.4 Å². The smallest absolute Gasteiger partial charge is 0.243 e. The van der Waals surface area contributed by atoms with Gasteiger partial charge in [-0.2, -0.15) is 0 Å². The van der Waals surface area contributed by atoms with Crippen molar-refractivity contribution in [3.05, 3.63) is 30.5 Å². The number of benzene rings is 1. The van der Waals surface area contributed by atoms with Crippen LogP contribution in [0.15, 0.2) is 35.4 Å². The largest absolute Gasteiger partial charge is 0.398 e. The summed E-state index contributed by atoms with van der Waals surface area (Å²) in [5.41, 5.74) is 6.49. The van der Waals surface area contributed by atoms with Crippen LogP contribution in [0.1, 0.15) is 26.2 Å². The first kappa shape index (κ1) is 13.3. The molecule has 6 heteroatoms. The topological polar surface area (TPSA) is 85.1 Å². The van der Waals surface area contributed by atoms with Crippen molar-refractivity contribution in [3.63, 3.8) is 0 Å². The number of hydrogen-bond donors (Lipinski definition) is 2. The van der Waals surface area contributed by atoms with Gasteiger partial charge in [0.05, 0.1) is 5.52 Å². The maximum atomic E-state index is 12.6. The summed E-state index contributed by atoms with van der Waals surface area (Å²) in [6.45, 7) is 1.93. The average molecular weight is 291 g/mol. The minimum Gasteiger partial charge on any atom is -0.398 e. The normalized spacial score (nSPS) is 17.9. The van der Waals surface area contributed by atoms with Crippen LogP contribution in [0.5, 0.6) is 0 Å². The predicted molar refractivity (Wildman–Crippen MR) is 78.7 cm³/mol. The average Bonchev–Trinajstić information content (AvgIpc) is 2.37. The highest BCUT2D eigenvalue weighted by atomic mass is 32.2. The number of nitrogen functional groups attached to an aromatic ring is 1. The Labute approximate surface area is 118 Å². The van der Waals surface area contributed by atoms with Gasteiger partial charge in [-0.3, -0.25) is 4.98 Å². The Morgan fingerprint density at radius 1 is 1.30 bits per heavy atom. The number of nitrogens with two attached hydrogens (primary N) is 1. The van der Waals surface area contributed by atoms with Crippen molar-refractivity contribution in [1.82, 2.24) is 9.71 Å². The second kappa shape index (κ2) is 4.43. The van der Waals surface area contributed by atoms with Crippen molar-refractivity contribution in [3.8, 4) is 0 Å². The molecule has 1 aliphatic carbocycles. The molecule has 1 fully saturated rings. The van der Waals surface area contributed by atoms with Gasteiger partial charge in [-0.15, -0.1) is 0 Å². The van der Waals surface area contributed by atoms with Crippen LogP contribution in [-0.2, 0) is 10.0 Å². The van der Waals surface area contributed by atoms with Gasteiger partial charge in [0.15, 0.2) is 0 Å². The van der Waals surface area contributed by atoms with Gasteiger partial charge in [0.2, 0.25) is 10.0 Å². The molecule has 0 unspecified atom stereocenters. The molecule has 0 spiro atoms. The fraction of sp³-hybridized carbons (Fsp3) is 0.357. The molecule has 2 aromatic rings. The molecule has 0 aliphatic heterocycles. The first-order valence-corrected chi connectivity index (χ1v) is 8.07. The molecule has 0 bridgehead atoms. The zero-order valence-corrected chi connectivity index (χ0v) is 12.1. The summed E-state index contributed by atoms with van der Waals surface area (Å²) in [5, 5.41) is 0.661. The molecule has 0 radical (unpaired) electrons. The van der Waals surface area contributed by atoms with Crippen molar-refractivity contribution >= 4 is 26.6 Å². The van der Waals surface area contributed by atoms with E-state index in [2.05, 4.69) is 9.71 Å². The number of aromatic nitrogens is 1. The Balaban J connectivity index is 2.12. The summed E-state index contributed by atoms with van der Waals surface area (Å²) in [6.07, 6.45) is 4.37. The first-order valence-electron chi connectivity index (χ1n) is 6.59. The summed E-state index contributed by atoms with van der Waals surface area (Å²) >= 11 is 0. The second-order valence-corrected chi connectivity index (χ2v) is 7.22. The highest BCUT2D eigenvalue weighted by molar-refractivity contribution is 7.89.